The monoisotopic (exact) mass is 629 g/mol. The maximum atomic E-state index is 13.6. The van der Waals surface area contributed by atoms with Crippen molar-refractivity contribution in [3.63, 3.8) is 0 Å². The van der Waals surface area contributed by atoms with Crippen LogP contribution in [0, 0.1) is 16.7 Å². The Bertz CT molecular complexity index is 1480. The van der Waals surface area contributed by atoms with Crippen molar-refractivity contribution in [1.82, 2.24) is 19.6 Å². The van der Waals surface area contributed by atoms with E-state index >= 15 is 0 Å². The van der Waals surface area contributed by atoms with Crippen LogP contribution in [0.25, 0.3) is 0 Å². The fraction of sp³-hybridized carbons (Fsp3) is 0.613. The average molecular weight is 630 g/mol. The molecule has 2 atom stereocenters. The van der Waals surface area contributed by atoms with Crippen LogP contribution >= 0.6 is 11.9 Å². The van der Waals surface area contributed by atoms with E-state index in [4.69, 9.17) is 4.98 Å². The predicted octanol–water partition coefficient (Wildman–Crippen LogP) is 6.09. The van der Waals surface area contributed by atoms with Crippen LogP contribution in [0.15, 0.2) is 35.4 Å². The summed E-state index contributed by atoms with van der Waals surface area (Å²) < 4.78 is 43.1. The van der Waals surface area contributed by atoms with Gasteiger partial charge in [-0.1, -0.05) is 6.07 Å². The second-order valence-electron chi connectivity index (χ2n) is 13.8. The summed E-state index contributed by atoms with van der Waals surface area (Å²) in [7, 11) is 0. The van der Waals surface area contributed by atoms with Gasteiger partial charge in [-0.15, -0.1) is 0 Å². The Morgan fingerprint density at radius 3 is 2.68 bits per heavy atom. The highest BCUT2D eigenvalue weighted by Gasteiger charge is 2.63. The van der Waals surface area contributed by atoms with Crippen LogP contribution in [0.5, 0.6) is 0 Å². The second kappa shape index (κ2) is 10.4. The van der Waals surface area contributed by atoms with E-state index in [-0.39, 0.29) is 48.7 Å². The van der Waals surface area contributed by atoms with Gasteiger partial charge in [0.05, 0.1) is 11.0 Å². The minimum atomic E-state index is -4.18. The van der Waals surface area contributed by atoms with Gasteiger partial charge in [-0.25, -0.2) is 14.8 Å². The van der Waals surface area contributed by atoms with E-state index in [2.05, 4.69) is 33.8 Å². The van der Waals surface area contributed by atoms with E-state index < -0.39 is 11.6 Å². The van der Waals surface area contributed by atoms with Gasteiger partial charge in [0.1, 0.15) is 22.5 Å². The maximum Gasteiger partial charge on any atom is 0.394 e. The largest absolute Gasteiger partial charge is 0.394 e. The molecule has 2 aliphatic carbocycles. The number of nitrogens with one attached hydrogen (secondary N) is 2. The van der Waals surface area contributed by atoms with Crippen molar-refractivity contribution in [2.45, 2.75) is 75.5 Å². The topological polar surface area (TPSA) is 93.7 Å². The van der Waals surface area contributed by atoms with Crippen molar-refractivity contribution < 1.29 is 22.8 Å². The summed E-state index contributed by atoms with van der Waals surface area (Å²) in [4.78, 5) is 42.1. The van der Waals surface area contributed by atoms with Crippen LogP contribution in [0.3, 0.4) is 0 Å². The van der Waals surface area contributed by atoms with Crippen molar-refractivity contribution in [3.05, 3.63) is 35.9 Å². The van der Waals surface area contributed by atoms with E-state index in [1.54, 1.807) is 21.9 Å². The lowest BCUT2D eigenvalue weighted by atomic mass is 9.92. The molecule has 2 aromatic heterocycles. The zero-order chi connectivity index (χ0) is 30.9. The molecule has 2 aromatic rings. The molecule has 3 aliphatic heterocycles. The normalized spacial score (nSPS) is 27.1. The molecule has 44 heavy (non-hydrogen) atoms. The Morgan fingerprint density at radius 1 is 1.09 bits per heavy atom. The zero-order valence-electron chi connectivity index (χ0n) is 25.0. The average Bonchev–Trinajstić information content (AvgIpc) is 3.84. The van der Waals surface area contributed by atoms with Gasteiger partial charge in [-0.3, -0.25) is 14.4 Å². The molecule has 3 amide bonds. The van der Waals surface area contributed by atoms with Gasteiger partial charge in [0.2, 0.25) is 0 Å². The molecule has 236 valence electrons. The standard InChI is InChI=1S/C31H38F3N7O2S/c1-28(2)18-29-17-20(29)9-13-35-22-5-3-6-24(36-22)44-38-26(42)21-7-8-23(37-25(21)41(28)19-29)40-16-15-39(27(40)43)14-4-10-30(11-12-30)31(32,33)34/h3,5-8,20H,4,9-19H2,1-2H3,(H,35,36)(H,38,42). The third-order valence-corrected chi connectivity index (χ3v) is 11.1. The third kappa shape index (κ3) is 5.24. The molecule has 2 saturated heterocycles. The number of carbonyl (C=O) groups excluding carboxylic acids is 2. The van der Waals surface area contributed by atoms with Crippen molar-refractivity contribution in [3.8, 4) is 0 Å². The first-order chi connectivity index (χ1) is 20.9. The number of rotatable bonds is 5. The summed E-state index contributed by atoms with van der Waals surface area (Å²) in [5.74, 6) is 2.05. The Hall–Kier alpha value is -3.22. The molecule has 0 aromatic carbocycles. The van der Waals surface area contributed by atoms with Crippen LogP contribution in [0.1, 0.15) is 69.2 Å². The molecule has 2 saturated carbocycles. The SMILES string of the molecule is CC1(C)CC23CC2CCNc2cccc(n2)SNC(=O)c2ccc(N4CCN(CCCC5(C(F)(F)F)CC5)C4=O)nc2N1C3. The van der Waals surface area contributed by atoms with Crippen LogP contribution in [0.2, 0.25) is 0 Å². The summed E-state index contributed by atoms with van der Waals surface area (Å²) in [5.41, 5.74) is -1.24. The van der Waals surface area contributed by atoms with Crippen LogP contribution in [-0.4, -0.2) is 71.2 Å². The Balaban J connectivity index is 1.14. The molecule has 0 radical (unpaired) electrons. The third-order valence-electron chi connectivity index (χ3n) is 10.4. The highest BCUT2D eigenvalue weighted by Crippen LogP contribution is 2.64. The molecule has 4 fully saturated rings. The second-order valence-corrected chi connectivity index (χ2v) is 14.6. The molecule has 1 spiro atoms. The van der Waals surface area contributed by atoms with Gasteiger partial charge in [0, 0.05) is 50.2 Å². The lowest BCUT2D eigenvalue weighted by Gasteiger charge is -2.34. The molecule has 9 nitrogen and oxygen atoms in total. The number of halogens is 3. The number of hydrogen-bond donors (Lipinski definition) is 2. The van der Waals surface area contributed by atoms with E-state index in [0.717, 1.165) is 50.1 Å². The van der Waals surface area contributed by atoms with E-state index in [0.29, 0.717) is 47.7 Å². The highest BCUT2D eigenvalue weighted by molar-refractivity contribution is 7.97. The minimum absolute atomic E-state index is 0.0488. The lowest BCUT2D eigenvalue weighted by molar-refractivity contribution is -0.189. The molecule has 2 N–H and O–H groups in total. The number of urea groups is 1. The van der Waals surface area contributed by atoms with Gasteiger partial charge < -0.3 is 15.1 Å². The number of fused-ring (bicyclic) bond motifs is 5. The molecule has 5 aliphatic rings. The van der Waals surface area contributed by atoms with Crippen LogP contribution in [0.4, 0.5) is 35.4 Å². The first-order valence-electron chi connectivity index (χ1n) is 15.5. The van der Waals surface area contributed by atoms with Crippen LogP contribution < -0.4 is 19.8 Å². The summed E-state index contributed by atoms with van der Waals surface area (Å²) >= 11 is 1.15. The quantitative estimate of drug-likeness (QED) is 0.387. The number of carbonyl (C=O) groups is 2. The number of hydrogen-bond acceptors (Lipinski definition) is 7. The van der Waals surface area contributed by atoms with Crippen molar-refractivity contribution in [2.75, 3.05) is 47.8 Å². The van der Waals surface area contributed by atoms with Crippen molar-refractivity contribution >= 4 is 41.3 Å². The number of pyridine rings is 2. The van der Waals surface area contributed by atoms with Gasteiger partial charge >= 0.3 is 12.2 Å². The molecule has 2 unspecified atom stereocenters. The lowest BCUT2D eigenvalue weighted by Crippen LogP contribution is -2.40. The van der Waals surface area contributed by atoms with Gasteiger partial charge in [0.15, 0.2) is 0 Å². The Labute approximate surface area is 259 Å². The molecule has 13 heteroatoms. The number of anilines is 3. The number of alkyl halides is 3. The summed E-state index contributed by atoms with van der Waals surface area (Å²) in [6.45, 7) is 7.08. The first-order valence-corrected chi connectivity index (χ1v) is 16.3. The van der Waals surface area contributed by atoms with Crippen LogP contribution in [-0.2, 0) is 0 Å². The van der Waals surface area contributed by atoms with Gasteiger partial charge in [-0.05, 0) is 94.4 Å². The fourth-order valence-electron chi connectivity index (χ4n) is 7.66. The maximum absolute atomic E-state index is 13.6. The van der Waals surface area contributed by atoms with Gasteiger partial charge in [0.25, 0.3) is 5.91 Å². The Morgan fingerprint density at radius 2 is 1.91 bits per heavy atom. The first kappa shape index (κ1) is 29.5. The summed E-state index contributed by atoms with van der Waals surface area (Å²) in [5, 5.41) is 4.10. The van der Waals surface area contributed by atoms with Crippen molar-refractivity contribution in [2.24, 2.45) is 16.7 Å². The smallest absolute Gasteiger partial charge is 0.370 e. The van der Waals surface area contributed by atoms with E-state index in [9.17, 15) is 22.8 Å². The fourth-order valence-corrected chi connectivity index (χ4v) is 8.26. The highest BCUT2D eigenvalue weighted by atomic mass is 32.2. The molecular weight excluding hydrogens is 591 g/mol. The molecule has 7 rings (SSSR count). The summed E-state index contributed by atoms with van der Waals surface area (Å²) in [6, 6.07) is 8.86. The van der Waals surface area contributed by atoms with E-state index in [1.165, 1.54) is 0 Å². The number of amides is 3. The molecule has 4 bridgehead atoms. The van der Waals surface area contributed by atoms with Gasteiger partial charge in [-0.2, -0.15) is 13.2 Å². The zero-order valence-corrected chi connectivity index (χ0v) is 25.9. The minimum Gasteiger partial charge on any atom is -0.370 e. The van der Waals surface area contributed by atoms with Crippen molar-refractivity contribution in [1.29, 1.82) is 0 Å². The number of aromatic nitrogens is 2. The molecule has 5 heterocycles. The number of nitrogens with zero attached hydrogens (tertiary/aromatic N) is 5. The van der Waals surface area contributed by atoms with E-state index in [1.807, 2.05) is 18.2 Å². The molecular formula is C31H38F3N7O2S. The predicted molar refractivity (Wildman–Crippen MR) is 163 cm³/mol. The Kier molecular flexibility index (Phi) is 6.98. The summed E-state index contributed by atoms with van der Waals surface area (Å²) in [6.07, 6.45) is -0.336.